The van der Waals surface area contributed by atoms with Crippen LogP contribution < -0.4 is 10.2 Å². The Morgan fingerprint density at radius 1 is 1.12 bits per heavy atom. The first-order chi connectivity index (χ1) is 16.3. The predicted octanol–water partition coefficient (Wildman–Crippen LogP) is 6.30. The lowest BCUT2D eigenvalue weighted by molar-refractivity contribution is -0.123. The van der Waals surface area contributed by atoms with Gasteiger partial charge in [0.15, 0.2) is 5.69 Å². The Bertz CT molecular complexity index is 1180. The van der Waals surface area contributed by atoms with E-state index >= 15 is 0 Å². The number of aromatic hydroxyl groups is 1. The molecule has 1 atom stereocenters. The molecule has 9 heteroatoms. The molecule has 178 valence electrons. The number of rotatable bonds is 6. The highest BCUT2D eigenvalue weighted by Crippen LogP contribution is 2.35. The average molecular weight is 518 g/mol. The first kappa shape index (κ1) is 24.5. The molecule has 3 aromatic rings. The first-order valence-electron chi connectivity index (χ1n) is 11.2. The van der Waals surface area contributed by atoms with Gasteiger partial charge in [0.2, 0.25) is 5.91 Å². The zero-order valence-corrected chi connectivity index (χ0v) is 21.0. The summed E-state index contributed by atoms with van der Waals surface area (Å²) < 4.78 is 4.37. The van der Waals surface area contributed by atoms with Crippen LogP contribution >= 0.6 is 34.7 Å². The SMILES string of the molecule is Cc1cccc(N(C(=O)c2nsc(Cl)c2Cl)[C@H](C(=O)NC2CCCCC2)c2ccc(O)cc2)c1. The van der Waals surface area contributed by atoms with Crippen LogP contribution in [0.1, 0.15) is 59.8 Å². The molecule has 4 rings (SSSR count). The van der Waals surface area contributed by atoms with E-state index in [0.29, 0.717) is 11.3 Å². The van der Waals surface area contributed by atoms with Gasteiger partial charge in [0.05, 0.1) is 0 Å². The summed E-state index contributed by atoms with van der Waals surface area (Å²) in [5.41, 5.74) is 2.00. The van der Waals surface area contributed by atoms with Crippen LogP contribution in [-0.4, -0.2) is 27.3 Å². The first-order valence-corrected chi connectivity index (χ1v) is 12.7. The topological polar surface area (TPSA) is 82.5 Å². The number of phenolic OH excluding ortho intramolecular Hbond substituents is 1. The molecule has 6 nitrogen and oxygen atoms in total. The highest BCUT2D eigenvalue weighted by Gasteiger charge is 2.36. The zero-order chi connectivity index (χ0) is 24.2. The van der Waals surface area contributed by atoms with Crippen molar-refractivity contribution in [2.75, 3.05) is 4.90 Å². The molecule has 34 heavy (non-hydrogen) atoms. The van der Waals surface area contributed by atoms with Crippen molar-refractivity contribution in [3.05, 3.63) is 74.7 Å². The van der Waals surface area contributed by atoms with Crippen LogP contribution in [0.2, 0.25) is 9.36 Å². The van der Waals surface area contributed by atoms with Crippen LogP contribution in [0, 0.1) is 6.92 Å². The number of aromatic nitrogens is 1. The van der Waals surface area contributed by atoms with Gasteiger partial charge in [-0.25, -0.2) is 0 Å². The fourth-order valence-electron chi connectivity index (χ4n) is 4.27. The minimum Gasteiger partial charge on any atom is -0.508 e. The second-order valence-electron chi connectivity index (χ2n) is 8.47. The predicted molar refractivity (Wildman–Crippen MR) is 136 cm³/mol. The molecule has 1 aliphatic rings. The molecule has 1 saturated carbocycles. The fraction of sp³-hybridized carbons (Fsp3) is 0.320. The van der Waals surface area contributed by atoms with Crippen molar-refractivity contribution in [1.82, 2.24) is 9.69 Å². The molecule has 2 N–H and O–H groups in total. The monoisotopic (exact) mass is 517 g/mol. The molecule has 0 bridgehead atoms. The number of phenols is 1. The summed E-state index contributed by atoms with van der Waals surface area (Å²) in [6.07, 6.45) is 5.08. The third-order valence-electron chi connectivity index (χ3n) is 5.97. The van der Waals surface area contributed by atoms with Gasteiger partial charge in [0, 0.05) is 11.7 Å². The number of nitrogens with one attached hydrogen (secondary N) is 1. The smallest absolute Gasteiger partial charge is 0.280 e. The molecule has 2 amide bonds. The van der Waals surface area contributed by atoms with Crippen LogP contribution in [-0.2, 0) is 4.79 Å². The third kappa shape index (κ3) is 5.37. The Morgan fingerprint density at radius 3 is 2.44 bits per heavy atom. The second kappa shape index (κ2) is 10.8. The number of amides is 2. The van der Waals surface area contributed by atoms with Crippen LogP contribution in [0.4, 0.5) is 5.69 Å². The minimum absolute atomic E-state index is 0.00702. The lowest BCUT2D eigenvalue weighted by Gasteiger charge is -2.33. The highest BCUT2D eigenvalue weighted by atomic mass is 35.5. The van der Waals surface area contributed by atoms with Gasteiger partial charge < -0.3 is 10.4 Å². The average Bonchev–Trinajstić information content (AvgIpc) is 3.16. The van der Waals surface area contributed by atoms with E-state index in [9.17, 15) is 14.7 Å². The van der Waals surface area contributed by atoms with Gasteiger partial charge in [0.1, 0.15) is 21.2 Å². The quantitative estimate of drug-likeness (QED) is 0.401. The molecule has 2 aromatic carbocycles. The maximum Gasteiger partial charge on any atom is 0.280 e. The summed E-state index contributed by atoms with van der Waals surface area (Å²) in [5, 5.41) is 13.0. The highest BCUT2D eigenvalue weighted by molar-refractivity contribution is 7.11. The van der Waals surface area contributed by atoms with E-state index in [-0.39, 0.29) is 32.8 Å². The Kier molecular flexibility index (Phi) is 7.76. The number of hydrogen-bond donors (Lipinski definition) is 2. The molecule has 0 spiro atoms. The Balaban J connectivity index is 1.82. The molecule has 1 aliphatic carbocycles. The van der Waals surface area contributed by atoms with Crippen molar-refractivity contribution in [3.63, 3.8) is 0 Å². The van der Waals surface area contributed by atoms with Gasteiger partial charge in [0.25, 0.3) is 5.91 Å². The van der Waals surface area contributed by atoms with Gasteiger partial charge in [-0.05, 0) is 66.7 Å². The van der Waals surface area contributed by atoms with Crippen LogP contribution in [0.3, 0.4) is 0 Å². The second-order valence-corrected chi connectivity index (χ2v) is 10.2. The summed E-state index contributed by atoms with van der Waals surface area (Å²) in [6.45, 7) is 1.91. The number of benzene rings is 2. The lowest BCUT2D eigenvalue weighted by Crippen LogP contribution is -2.47. The lowest BCUT2D eigenvalue weighted by atomic mass is 9.94. The van der Waals surface area contributed by atoms with Crippen molar-refractivity contribution < 1.29 is 14.7 Å². The van der Waals surface area contributed by atoms with Crippen molar-refractivity contribution in [2.45, 2.75) is 51.1 Å². The molecular weight excluding hydrogens is 493 g/mol. The summed E-state index contributed by atoms with van der Waals surface area (Å²) >= 11 is 13.3. The number of halogens is 2. The number of aryl methyl sites for hydroxylation is 1. The van der Waals surface area contributed by atoms with Crippen LogP contribution in [0.5, 0.6) is 5.75 Å². The third-order valence-corrected chi connectivity index (χ3v) is 7.58. The van der Waals surface area contributed by atoms with Crippen molar-refractivity contribution in [3.8, 4) is 5.75 Å². The maximum atomic E-state index is 13.9. The van der Waals surface area contributed by atoms with Crippen molar-refractivity contribution in [2.24, 2.45) is 0 Å². The normalized spacial score (nSPS) is 15.0. The molecule has 1 heterocycles. The Hall–Kier alpha value is -2.61. The number of hydrogen-bond acceptors (Lipinski definition) is 5. The molecule has 1 fully saturated rings. The number of carbonyl (C=O) groups is 2. The van der Waals surface area contributed by atoms with Gasteiger partial charge in [-0.2, -0.15) is 4.37 Å². The minimum atomic E-state index is -1.01. The Morgan fingerprint density at radius 2 is 1.82 bits per heavy atom. The van der Waals surface area contributed by atoms with E-state index in [2.05, 4.69) is 9.69 Å². The maximum absolute atomic E-state index is 13.9. The molecule has 1 aromatic heterocycles. The summed E-state index contributed by atoms with van der Waals surface area (Å²) in [7, 11) is 0. The molecular formula is C25H25Cl2N3O3S. The van der Waals surface area contributed by atoms with Crippen molar-refractivity contribution >= 4 is 52.2 Å². The van der Waals surface area contributed by atoms with Gasteiger partial charge in [-0.15, -0.1) is 0 Å². The van der Waals surface area contributed by atoms with Crippen LogP contribution in [0.25, 0.3) is 0 Å². The molecule has 0 saturated heterocycles. The number of anilines is 1. The zero-order valence-electron chi connectivity index (χ0n) is 18.6. The van der Waals surface area contributed by atoms with E-state index in [1.807, 2.05) is 25.1 Å². The van der Waals surface area contributed by atoms with Crippen molar-refractivity contribution in [1.29, 1.82) is 0 Å². The summed E-state index contributed by atoms with van der Waals surface area (Å²) in [6, 6.07) is 12.7. The largest absolute Gasteiger partial charge is 0.508 e. The standard InChI is InChI=1S/C25H25Cl2N3O3S/c1-15-6-5-9-18(14-15)30(25(33)21-20(26)23(27)34-29-21)22(16-10-12-19(31)13-11-16)24(32)28-17-7-3-2-4-8-17/h5-6,9-14,17,22,31H,2-4,7-8H2,1H3,(H,28,32)/t22-/m0/s1. The van der Waals surface area contributed by atoms with Gasteiger partial charge >= 0.3 is 0 Å². The van der Waals surface area contributed by atoms with E-state index in [4.69, 9.17) is 23.2 Å². The summed E-state index contributed by atoms with van der Waals surface area (Å²) in [4.78, 5) is 29.1. The van der Waals surface area contributed by atoms with E-state index in [0.717, 1.165) is 49.2 Å². The number of carbonyl (C=O) groups excluding carboxylic acids is 2. The summed E-state index contributed by atoms with van der Waals surface area (Å²) in [5.74, 6) is -0.765. The van der Waals surface area contributed by atoms with Gasteiger partial charge in [-0.3, -0.25) is 14.5 Å². The Labute approximate surface area is 212 Å². The van der Waals surface area contributed by atoms with Gasteiger partial charge in [-0.1, -0.05) is 66.7 Å². The number of nitrogens with zero attached hydrogens (tertiary/aromatic N) is 2. The van der Waals surface area contributed by atoms with E-state index in [1.165, 1.54) is 17.0 Å². The molecule has 0 aliphatic heterocycles. The fourth-order valence-corrected chi connectivity index (χ4v) is 5.26. The molecule has 0 unspecified atom stereocenters. The molecule has 0 radical (unpaired) electrons. The van der Waals surface area contributed by atoms with Crippen LogP contribution in [0.15, 0.2) is 48.5 Å². The van der Waals surface area contributed by atoms with E-state index < -0.39 is 11.9 Å². The van der Waals surface area contributed by atoms with E-state index in [1.54, 1.807) is 18.2 Å².